The summed E-state index contributed by atoms with van der Waals surface area (Å²) in [5.74, 6) is 0.686. The lowest BCUT2D eigenvalue weighted by Gasteiger charge is -2.11. The first-order valence-electron chi connectivity index (χ1n) is 16.7. The number of pyridine rings is 2. The summed E-state index contributed by atoms with van der Waals surface area (Å²) < 4.78 is 0. The van der Waals surface area contributed by atoms with Crippen LogP contribution >= 0.6 is 0 Å². The molecule has 3 aromatic heterocycles. The van der Waals surface area contributed by atoms with Crippen LogP contribution in [0.4, 0.5) is 0 Å². The van der Waals surface area contributed by atoms with E-state index >= 15 is 0 Å². The van der Waals surface area contributed by atoms with Crippen LogP contribution < -0.4 is 0 Å². The number of benzene rings is 6. The highest BCUT2D eigenvalue weighted by atomic mass is 14.9. The molecule has 0 atom stereocenters. The third-order valence-electron chi connectivity index (χ3n) is 9.09. The van der Waals surface area contributed by atoms with Gasteiger partial charge >= 0.3 is 0 Å². The number of hydrogen-bond donors (Lipinski definition) is 0. The van der Waals surface area contributed by atoms with Gasteiger partial charge in [0.2, 0.25) is 0 Å². The number of rotatable bonds is 6. The molecule has 0 spiro atoms. The Bertz CT molecular complexity index is 2620. The van der Waals surface area contributed by atoms with Crippen molar-refractivity contribution in [1.29, 1.82) is 0 Å². The summed E-state index contributed by atoms with van der Waals surface area (Å²) >= 11 is 0. The normalized spacial score (nSPS) is 11.2. The van der Waals surface area contributed by atoms with Crippen molar-refractivity contribution in [2.45, 2.75) is 0 Å². The minimum Gasteiger partial charge on any atom is -0.245 e. The first-order chi connectivity index (χ1) is 24.7. The van der Waals surface area contributed by atoms with Crippen molar-refractivity contribution in [3.63, 3.8) is 0 Å². The lowest BCUT2D eigenvalue weighted by molar-refractivity contribution is 1.18. The van der Waals surface area contributed by atoms with Crippen LogP contribution in [-0.4, -0.2) is 19.9 Å². The molecule has 50 heavy (non-hydrogen) atoms. The lowest BCUT2D eigenvalue weighted by atomic mass is 10.0. The second-order valence-corrected chi connectivity index (χ2v) is 12.3. The summed E-state index contributed by atoms with van der Waals surface area (Å²) in [4.78, 5) is 20.4. The number of nitrogens with zero attached hydrogens (tertiary/aromatic N) is 4. The maximum atomic E-state index is 5.21. The summed E-state index contributed by atoms with van der Waals surface area (Å²) in [5, 5.41) is 2.12. The van der Waals surface area contributed by atoms with Crippen molar-refractivity contribution in [2.75, 3.05) is 0 Å². The van der Waals surface area contributed by atoms with Gasteiger partial charge in [0, 0.05) is 38.6 Å². The van der Waals surface area contributed by atoms with Gasteiger partial charge in [-0.05, 0) is 35.4 Å². The van der Waals surface area contributed by atoms with Crippen LogP contribution in [0.3, 0.4) is 0 Å². The third kappa shape index (κ3) is 5.69. The van der Waals surface area contributed by atoms with Gasteiger partial charge in [0.15, 0.2) is 5.82 Å². The predicted molar refractivity (Wildman–Crippen MR) is 205 cm³/mol. The van der Waals surface area contributed by atoms with Crippen LogP contribution in [-0.2, 0) is 0 Å². The fourth-order valence-electron chi connectivity index (χ4n) is 6.46. The van der Waals surface area contributed by atoms with E-state index in [1.165, 1.54) is 11.1 Å². The quantitative estimate of drug-likeness (QED) is 0.170. The molecule has 4 nitrogen and oxygen atoms in total. The van der Waals surface area contributed by atoms with Crippen molar-refractivity contribution < 1.29 is 0 Å². The Kier molecular flexibility index (Phi) is 7.45. The Morgan fingerprint density at radius 3 is 1.24 bits per heavy atom. The standard InChI is InChI=1S/C46H30N4/c1-4-11-31(12-5-1)32-19-21-34(22-20-32)42-30-43(50-46(49-42)37-15-8-3-9-16-37)39-18-10-17-38(29-39)41-28-26-36-24-23-35-25-27-40(33-13-6-2-7-14-33)47-44(35)45(36)48-41/h1-30H. The monoisotopic (exact) mass is 638 g/mol. The van der Waals surface area contributed by atoms with Crippen molar-refractivity contribution in [3.8, 4) is 67.5 Å². The van der Waals surface area contributed by atoms with Gasteiger partial charge in [-0.1, -0.05) is 158 Å². The molecule has 0 radical (unpaired) electrons. The molecule has 234 valence electrons. The van der Waals surface area contributed by atoms with Crippen LogP contribution in [0.5, 0.6) is 0 Å². The van der Waals surface area contributed by atoms with E-state index < -0.39 is 0 Å². The molecule has 9 rings (SSSR count). The summed E-state index contributed by atoms with van der Waals surface area (Å²) in [6, 6.07) is 62.7. The van der Waals surface area contributed by atoms with Gasteiger partial charge in [0.1, 0.15) is 0 Å². The van der Waals surface area contributed by atoms with E-state index in [4.69, 9.17) is 19.9 Å². The van der Waals surface area contributed by atoms with Gasteiger partial charge in [-0.2, -0.15) is 0 Å². The molecule has 0 N–H and O–H groups in total. The second kappa shape index (κ2) is 12.7. The number of aromatic nitrogens is 4. The van der Waals surface area contributed by atoms with Crippen molar-refractivity contribution in [3.05, 3.63) is 182 Å². The molecular weight excluding hydrogens is 609 g/mol. The average Bonchev–Trinajstić information content (AvgIpc) is 3.21. The highest BCUT2D eigenvalue weighted by molar-refractivity contribution is 6.04. The summed E-state index contributed by atoms with van der Waals surface area (Å²) in [6.07, 6.45) is 0. The first-order valence-corrected chi connectivity index (χ1v) is 16.7. The fraction of sp³-hybridized carbons (Fsp3) is 0. The summed E-state index contributed by atoms with van der Waals surface area (Å²) in [7, 11) is 0. The molecule has 0 bridgehead atoms. The largest absolute Gasteiger partial charge is 0.245 e. The molecule has 0 aliphatic heterocycles. The van der Waals surface area contributed by atoms with Crippen LogP contribution in [0.2, 0.25) is 0 Å². The SMILES string of the molecule is c1ccc(-c2ccc(-c3cc(-c4cccc(-c5ccc6ccc7ccc(-c8ccccc8)nc7c6n5)c4)nc(-c4ccccc4)n3)cc2)cc1. The Morgan fingerprint density at radius 2 is 0.640 bits per heavy atom. The average molecular weight is 639 g/mol. The van der Waals surface area contributed by atoms with Crippen LogP contribution in [0, 0.1) is 0 Å². The maximum Gasteiger partial charge on any atom is 0.160 e. The van der Waals surface area contributed by atoms with Gasteiger partial charge in [-0.25, -0.2) is 19.9 Å². The number of fused-ring (bicyclic) bond motifs is 3. The molecule has 0 unspecified atom stereocenters. The molecule has 0 fully saturated rings. The second-order valence-electron chi connectivity index (χ2n) is 12.3. The zero-order valence-electron chi connectivity index (χ0n) is 27.1. The highest BCUT2D eigenvalue weighted by Gasteiger charge is 2.13. The fourth-order valence-corrected chi connectivity index (χ4v) is 6.46. The van der Waals surface area contributed by atoms with Gasteiger partial charge < -0.3 is 0 Å². The molecule has 0 amide bonds. The minimum atomic E-state index is 0.686. The molecule has 0 aliphatic rings. The van der Waals surface area contributed by atoms with Crippen LogP contribution in [0.15, 0.2) is 182 Å². The zero-order chi connectivity index (χ0) is 33.3. The van der Waals surface area contributed by atoms with E-state index in [1.54, 1.807) is 0 Å². The summed E-state index contributed by atoms with van der Waals surface area (Å²) in [6.45, 7) is 0. The van der Waals surface area contributed by atoms with Crippen molar-refractivity contribution in [2.24, 2.45) is 0 Å². The molecule has 0 aliphatic carbocycles. The van der Waals surface area contributed by atoms with E-state index in [9.17, 15) is 0 Å². The Labute approximate surface area is 290 Å². The number of hydrogen-bond acceptors (Lipinski definition) is 4. The smallest absolute Gasteiger partial charge is 0.160 e. The lowest BCUT2D eigenvalue weighted by Crippen LogP contribution is -1.96. The molecule has 3 heterocycles. The maximum absolute atomic E-state index is 5.21. The van der Waals surface area contributed by atoms with Crippen molar-refractivity contribution >= 4 is 21.8 Å². The minimum absolute atomic E-state index is 0.686. The predicted octanol–water partition coefficient (Wildman–Crippen LogP) is 11.6. The van der Waals surface area contributed by atoms with E-state index in [0.29, 0.717) is 5.82 Å². The first kappa shape index (κ1) is 29.4. The van der Waals surface area contributed by atoms with Crippen LogP contribution in [0.25, 0.3) is 89.4 Å². The summed E-state index contributed by atoms with van der Waals surface area (Å²) in [5.41, 5.74) is 12.8. The van der Waals surface area contributed by atoms with E-state index in [2.05, 4.69) is 140 Å². The van der Waals surface area contributed by atoms with E-state index in [0.717, 1.165) is 72.4 Å². The molecule has 4 heteroatoms. The van der Waals surface area contributed by atoms with Crippen LogP contribution in [0.1, 0.15) is 0 Å². The Hall–Kier alpha value is -6.78. The highest BCUT2D eigenvalue weighted by Crippen LogP contribution is 2.33. The van der Waals surface area contributed by atoms with E-state index in [1.807, 2.05) is 42.5 Å². The van der Waals surface area contributed by atoms with Gasteiger partial charge in [-0.15, -0.1) is 0 Å². The third-order valence-corrected chi connectivity index (χ3v) is 9.09. The molecule has 9 aromatic rings. The van der Waals surface area contributed by atoms with Gasteiger partial charge in [-0.3, -0.25) is 0 Å². The molecular formula is C46H30N4. The van der Waals surface area contributed by atoms with Gasteiger partial charge in [0.05, 0.1) is 33.8 Å². The molecule has 6 aromatic carbocycles. The van der Waals surface area contributed by atoms with Gasteiger partial charge in [0.25, 0.3) is 0 Å². The van der Waals surface area contributed by atoms with Crippen molar-refractivity contribution in [1.82, 2.24) is 19.9 Å². The molecule has 0 saturated heterocycles. The zero-order valence-corrected chi connectivity index (χ0v) is 27.1. The topological polar surface area (TPSA) is 51.6 Å². The Balaban J connectivity index is 1.13. The Morgan fingerprint density at radius 1 is 0.240 bits per heavy atom. The van der Waals surface area contributed by atoms with E-state index in [-0.39, 0.29) is 0 Å². The molecule has 0 saturated carbocycles.